The molecule has 1 aromatic rings. The first-order valence-electron chi connectivity index (χ1n) is 4.89. The van der Waals surface area contributed by atoms with Crippen LogP contribution in [0.3, 0.4) is 0 Å². The Bertz CT molecular complexity index is 519. The molecule has 0 bridgehead atoms. The number of nitrogens with zero attached hydrogens (tertiary/aromatic N) is 1. The molecule has 0 aromatic carbocycles. The molecule has 0 unspecified atom stereocenters. The summed E-state index contributed by atoms with van der Waals surface area (Å²) in [7, 11) is -3.37. The number of rotatable bonds is 5. The molecule has 0 aliphatic heterocycles. The number of nitrogens with one attached hydrogen (secondary N) is 1. The second-order valence-electron chi connectivity index (χ2n) is 3.97. The molecular formula is C9H14N2O4S2. The van der Waals surface area contributed by atoms with Crippen molar-refractivity contribution in [2.75, 3.05) is 10.5 Å². The van der Waals surface area contributed by atoms with E-state index < -0.39 is 21.4 Å². The average molecular weight is 278 g/mol. The minimum absolute atomic E-state index is 0.0514. The molecule has 0 aliphatic rings. The van der Waals surface area contributed by atoms with Crippen molar-refractivity contribution in [2.45, 2.75) is 26.2 Å². The summed E-state index contributed by atoms with van der Waals surface area (Å²) in [6.07, 6.45) is 0. The van der Waals surface area contributed by atoms with Gasteiger partial charge >= 0.3 is 5.97 Å². The second-order valence-corrected chi connectivity index (χ2v) is 6.84. The lowest BCUT2D eigenvalue weighted by Gasteiger charge is -2.15. The maximum Gasteiger partial charge on any atom is 0.315 e. The maximum atomic E-state index is 11.3. The van der Waals surface area contributed by atoms with E-state index in [1.165, 1.54) is 20.8 Å². The van der Waals surface area contributed by atoms with E-state index in [2.05, 4.69) is 9.71 Å². The molecule has 0 spiro atoms. The fourth-order valence-corrected chi connectivity index (χ4v) is 2.67. The summed E-state index contributed by atoms with van der Waals surface area (Å²) < 4.78 is 24.9. The van der Waals surface area contributed by atoms with Gasteiger partial charge in [-0.3, -0.25) is 9.52 Å². The Morgan fingerprint density at radius 3 is 2.65 bits per heavy atom. The highest BCUT2D eigenvalue weighted by Crippen LogP contribution is 2.27. The number of carboxylic acids is 1. The number of sulfonamides is 1. The third-order valence-electron chi connectivity index (χ3n) is 2.30. The van der Waals surface area contributed by atoms with Crippen molar-refractivity contribution < 1.29 is 18.3 Å². The molecule has 0 fully saturated rings. The number of aliphatic carboxylic acids is 1. The van der Waals surface area contributed by atoms with Gasteiger partial charge in [-0.25, -0.2) is 13.4 Å². The Hall–Kier alpha value is -1.15. The first-order valence-corrected chi connectivity index (χ1v) is 7.42. The predicted molar refractivity (Wildman–Crippen MR) is 65.9 cm³/mol. The summed E-state index contributed by atoms with van der Waals surface area (Å²) in [5, 5.41) is 10.7. The number of anilines is 1. The van der Waals surface area contributed by atoms with Gasteiger partial charge in [-0.1, -0.05) is 0 Å². The van der Waals surface area contributed by atoms with Gasteiger partial charge in [0.2, 0.25) is 10.0 Å². The molecular weight excluding hydrogens is 264 g/mol. The summed E-state index contributed by atoms with van der Waals surface area (Å²) in [6, 6.07) is 0. The molecule has 17 heavy (non-hydrogen) atoms. The highest BCUT2D eigenvalue weighted by molar-refractivity contribution is 7.92. The topological polar surface area (TPSA) is 96.4 Å². The van der Waals surface area contributed by atoms with E-state index in [-0.39, 0.29) is 10.9 Å². The molecule has 2 N–H and O–H groups in total. The number of thiazole rings is 1. The first-order chi connectivity index (χ1) is 7.69. The quantitative estimate of drug-likeness (QED) is 0.845. The van der Waals surface area contributed by atoms with Crippen LogP contribution >= 0.6 is 11.3 Å². The van der Waals surface area contributed by atoms with Gasteiger partial charge in [0.1, 0.15) is 5.41 Å². The van der Waals surface area contributed by atoms with Crippen LogP contribution in [0.15, 0.2) is 5.38 Å². The van der Waals surface area contributed by atoms with Crippen molar-refractivity contribution in [2.24, 2.45) is 0 Å². The molecule has 96 valence electrons. The second kappa shape index (κ2) is 4.61. The lowest BCUT2D eigenvalue weighted by molar-refractivity contribution is -0.142. The number of carbonyl (C=O) groups is 1. The van der Waals surface area contributed by atoms with Crippen LogP contribution in [0.2, 0.25) is 0 Å². The standard InChI is InChI=1S/C9H14N2O4S2/c1-4-17(14,15)11-8-10-6(5-16-8)9(2,3)7(12)13/h5H,4H2,1-3H3,(H,10,11)(H,12,13). The number of carboxylic acid groups (broad SMARTS) is 1. The van der Waals surface area contributed by atoms with Crippen molar-refractivity contribution >= 4 is 32.5 Å². The third-order valence-corrected chi connectivity index (χ3v) is 4.45. The van der Waals surface area contributed by atoms with Gasteiger partial charge in [-0.15, -0.1) is 11.3 Å². The van der Waals surface area contributed by atoms with E-state index >= 15 is 0 Å². The van der Waals surface area contributed by atoms with Crippen molar-refractivity contribution in [3.63, 3.8) is 0 Å². The van der Waals surface area contributed by atoms with Crippen molar-refractivity contribution in [3.8, 4) is 0 Å². The average Bonchev–Trinajstić information content (AvgIpc) is 2.65. The minimum Gasteiger partial charge on any atom is -0.481 e. The molecule has 1 rings (SSSR count). The fraction of sp³-hybridized carbons (Fsp3) is 0.556. The van der Waals surface area contributed by atoms with Crippen LogP contribution in [-0.4, -0.2) is 30.2 Å². The Morgan fingerprint density at radius 1 is 1.59 bits per heavy atom. The zero-order valence-electron chi connectivity index (χ0n) is 9.72. The van der Waals surface area contributed by atoms with Gasteiger partial charge in [0.05, 0.1) is 11.4 Å². The smallest absolute Gasteiger partial charge is 0.315 e. The Labute approximate surface area is 104 Å². The lowest BCUT2D eigenvalue weighted by atomic mass is 9.91. The normalized spacial score (nSPS) is 12.4. The molecule has 0 aliphatic carbocycles. The summed E-state index contributed by atoms with van der Waals surface area (Å²) in [5.74, 6) is -1.06. The van der Waals surface area contributed by atoms with E-state index in [4.69, 9.17) is 5.11 Å². The first kappa shape index (κ1) is 13.9. The van der Waals surface area contributed by atoms with E-state index in [0.29, 0.717) is 5.69 Å². The highest BCUT2D eigenvalue weighted by atomic mass is 32.2. The molecule has 0 atom stereocenters. The molecule has 8 heteroatoms. The molecule has 0 saturated heterocycles. The number of hydrogen-bond acceptors (Lipinski definition) is 5. The molecule has 6 nitrogen and oxygen atoms in total. The van der Waals surface area contributed by atoms with Crippen molar-refractivity contribution in [3.05, 3.63) is 11.1 Å². The summed E-state index contributed by atoms with van der Waals surface area (Å²) in [6.45, 7) is 4.54. The molecule has 0 saturated carbocycles. The molecule has 0 radical (unpaired) electrons. The monoisotopic (exact) mass is 278 g/mol. The van der Waals surface area contributed by atoms with Crippen LogP contribution < -0.4 is 4.72 Å². The van der Waals surface area contributed by atoms with Crippen LogP contribution in [0, 0.1) is 0 Å². The number of hydrogen-bond donors (Lipinski definition) is 2. The van der Waals surface area contributed by atoms with Gasteiger partial charge in [0.15, 0.2) is 5.13 Å². The zero-order chi connectivity index (χ0) is 13.3. The highest BCUT2D eigenvalue weighted by Gasteiger charge is 2.32. The molecule has 0 amide bonds. The SMILES string of the molecule is CCS(=O)(=O)Nc1nc(C(C)(C)C(=O)O)cs1. The van der Waals surface area contributed by atoms with Crippen LogP contribution in [0.1, 0.15) is 26.5 Å². The largest absolute Gasteiger partial charge is 0.481 e. The van der Waals surface area contributed by atoms with E-state index in [9.17, 15) is 13.2 Å². The van der Waals surface area contributed by atoms with Crippen LogP contribution in [0.4, 0.5) is 5.13 Å². The van der Waals surface area contributed by atoms with Crippen molar-refractivity contribution in [1.29, 1.82) is 0 Å². The summed E-state index contributed by atoms with van der Waals surface area (Å²) in [4.78, 5) is 15.0. The Balaban J connectivity index is 2.97. The van der Waals surface area contributed by atoms with Gasteiger partial charge in [-0.2, -0.15) is 0 Å². The van der Waals surface area contributed by atoms with Gasteiger partial charge in [0.25, 0.3) is 0 Å². The lowest BCUT2D eigenvalue weighted by Crippen LogP contribution is -2.29. The number of aromatic nitrogens is 1. The molecule has 1 heterocycles. The van der Waals surface area contributed by atoms with E-state index in [0.717, 1.165) is 11.3 Å². The molecule has 1 aromatic heterocycles. The van der Waals surface area contributed by atoms with E-state index in [1.54, 1.807) is 5.38 Å². The van der Waals surface area contributed by atoms with Gasteiger partial charge in [-0.05, 0) is 20.8 Å². The van der Waals surface area contributed by atoms with Gasteiger partial charge in [0, 0.05) is 5.38 Å². The summed E-state index contributed by atoms with van der Waals surface area (Å²) in [5.41, 5.74) is -0.796. The van der Waals surface area contributed by atoms with Crippen molar-refractivity contribution in [1.82, 2.24) is 4.98 Å². The minimum atomic E-state index is -3.37. The van der Waals surface area contributed by atoms with Gasteiger partial charge < -0.3 is 5.11 Å². The Kier molecular flexibility index (Phi) is 3.78. The predicted octanol–water partition coefficient (Wildman–Crippen LogP) is 1.27. The van der Waals surface area contributed by atoms with E-state index in [1.807, 2.05) is 0 Å². The summed E-state index contributed by atoms with van der Waals surface area (Å²) >= 11 is 1.07. The van der Waals surface area contributed by atoms with Crippen LogP contribution in [0.5, 0.6) is 0 Å². The third kappa shape index (κ3) is 3.16. The van der Waals surface area contributed by atoms with Crippen LogP contribution in [0.25, 0.3) is 0 Å². The Morgan fingerprint density at radius 2 is 2.18 bits per heavy atom. The maximum absolute atomic E-state index is 11.3. The fourth-order valence-electron chi connectivity index (χ4n) is 0.922. The zero-order valence-corrected chi connectivity index (χ0v) is 11.4. The van der Waals surface area contributed by atoms with Crippen LogP contribution in [-0.2, 0) is 20.2 Å².